The number of aliphatic hydroxyl groups excluding tert-OH is 1. The molecule has 5 atom stereocenters. The highest BCUT2D eigenvalue weighted by atomic mass is 16.6. The lowest BCUT2D eigenvalue weighted by Crippen LogP contribution is -2.56. The van der Waals surface area contributed by atoms with Crippen LogP contribution in [0.4, 0.5) is 0 Å². The Morgan fingerprint density at radius 1 is 0.706 bits per heavy atom. The topological polar surface area (TPSA) is 57.2 Å². The second-order valence-corrected chi connectivity index (χ2v) is 8.81. The Balaban J connectivity index is 1.52. The molecule has 0 aliphatic carbocycles. The van der Waals surface area contributed by atoms with Crippen molar-refractivity contribution in [2.75, 3.05) is 6.61 Å². The summed E-state index contributed by atoms with van der Waals surface area (Å²) in [6.45, 7) is 3.50. The SMILES string of the molecule is CC(O)C[C@@H]1OC[C@@H](OCc2ccccc2)[C@H](OCc2ccccc2)[C@H]1OCc1ccccc1. The number of rotatable bonds is 11. The van der Waals surface area contributed by atoms with Gasteiger partial charge in [0.25, 0.3) is 0 Å². The molecule has 5 heteroatoms. The van der Waals surface area contributed by atoms with E-state index in [-0.39, 0.29) is 24.4 Å². The van der Waals surface area contributed by atoms with Crippen molar-refractivity contribution in [3.05, 3.63) is 108 Å². The normalized spacial score (nSPS) is 23.5. The van der Waals surface area contributed by atoms with Crippen LogP contribution in [0.2, 0.25) is 0 Å². The van der Waals surface area contributed by atoms with Gasteiger partial charge in [-0.05, 0) is 23.6 Å². The Kier molecular flexibility index (Phi) is 9.25. The zero-order chi connectivity index (χ0) is 23.6. The van der Waals surface area contributed by atoms with Crippen molar-refractivity contribution in [1.82, 2.24) is 0 Å². The Morgan fingerprint density at radius 2 is 1.15 bits per heavy atom. The van der Waals surface area contributed by atoms with E-state index in [9.17, 15) is 5.11 Å². The second-order valence-electron chi connectivity index (χ2n) is 8.81. The maximum absolute atomic E-state index is 10.1. The fraction of sp³-hybridized carbons (Fsp3) is 0.379. The molecule has 0 saturated carbocycles. The highest BCUT2D eigenvalue weighted by Gasteiger charge is 2.43. The van der Waals surface area contributed by atoms with E-state index in [1.807, 2.05) is 91.0 Å². The Labute approximate surface area is 202 Å². The van der Waals surface area contributed by atoms with Crippen LogP contribution in [-0.2, 0) is 38.8 Å². The smallest absolute Gasteiger partial charge is 0.115 e. The molecule has 0 aromatic heterocycles. The number of hydrogen-bond acceptors (Lipinski definition) is 5. The fourth-order valence-electron chi connectivity index (χ4n) is 4.23. The van der Waals surface area contributed by atoms with Gasteiger partial charge in [-0.25, -0.2) is 0 Å². The van der Waals surface area contributed by atoms with Crippen LogP contribution in [0.25, 0.3) is 0 Å². The number of ether oxygens (including phenoxy) is 4. The monoisotopic (exact) mass is 462 g/mol. The minimum absolute atomic E-state index is 0.291. The van der Waals surface area contributed by atoms with Crippen molar-refractivity contribution in [3.63, 3.8) is 0 Å². The Hall–Kier alpha value is -2.54. The summed E-state index contributed by atoms with van der Waals surface area (Å²) in [5.74, 6) is 0. The second kappa shape index (κ2) is 12.8. The van der Waals surface area contributed by atoms with E-state index in [0.29, 0.717) is 32.8 Å². The van der Waals surface area contributed by atoms with E-state index >= 15 is 0 Å². The standard InChI is InChI=1S/C29H34O5/c1-22(30)17-26-28(33-19-24-13-7-3-8-14-24)29(34-20-25-15-9-4-10-16-25)27(21-32-26)31-18-23-11-5-2-6-12-23/h2-16,22,26-30H,17-21H2,1H3/t22?,26-,27+,28-,29-/m0/s1. The molecule has 0 radical (unpaired) electrons. The highest BCUT2D eigenvalue weighted by molar-refractivity contribution is 5.15. The van der Waals surface area contributed by atoms with E-state index < -0.39 is 6.10 Å². The number of benzene rings is 3. The molecule has 1 N–H and O–H groups in total. The summed E-state index contributed by atoms with van der Waals surface area (Å²) in [4.78, 5) is 0. The third-order valence-corrected chi connectivity index (χ3v) is 5.98. The van der Waals surface area contributed by atoms with Gasteiger partial charge in [-0.3, -0.25) is 0 Å². The van der Waals surface area contributed by atoms with Crippen molar-refractivity contribution in [2.45, 2.75) is 63.7 Å². The molecule has 1 unspecified atom stereocenters. The first-order valence-corrected chi connectivity index (χ1v) is 12.0. The lowest BCUT2D eigenvalue weighted by molar-refractivity contribution is -0.242. The van der Waals surface area contributed by atoms with Crippen LogP contribution in [0.3, 0.4) is 0 Å². The number of hydrogen-bond donors (Lipinski definition) is 1. The fourth-order valence-corrected chi connectivity index (χ4v) is 4.23. The zero-order valence-electron chi connectivity index (χ0n) is 19.7. The molecular formula is C29H34O5. The van der Waals surface area contributed by atoms with Crippen LogP contribution < -0.4 is 0 Å². The molecule has 1 aliphatic rings. The van der Waals surface area contributed by atoms with Gasteiger partial charge >= 0.3 is 0 Å². The first-order valence-electron chi connectivity index (χ1n) is 12.0. The molecule has 0 spiro atoms. The maximum Gasteiger partial charge on any atom is 0.115 e. The first-order chi connectivity index (χ1) is 16.7. The summed E-state index contributed by atoms with van der Waals surface area (Å²) in [5, 5.41) is 10.1. The van der Waals surface area contributed by atoms with E-state index in [4.69, 9.17) is 18.9 Å². The van der Waals surface area contributed by atoms with Gasteiger partial charge in [0, 0.05) is 6.42 Å². The molecular weight excluding hydrogens is 428 g/mol. The molecule has 3 aromatic rings. The zero-order valence-corrected chi connectivity index (χ0v) is 19.7. The van der Waals surface area contributed by atoms with Crippen LogP contribution in [0.5, 0.6) is 0 Å². The van der Waals surface area contributed by atoms with Gasteiger partial charge in [0.15, 0.2) is 0 Å². The minimum Gasteiger partial charge on any atom is -0.393 e. The number of aliphatic hydroxyl groups is 1. The molecule has 0 amide bonds. The van der Waals surface area contributed by atoms with Crippen molar-refractivity contribution in [1.29, 1.82) is 0 Å². The Bertz CT molecular complexity index is 948. The third kappa shape index (κ3) is 7.23. The van der Waals surface area contributed by atoms with E-state index in [1.165, 1.54) is 0 Å². The summed E-state index contributed by atoms with van der Waals surface area (Å²) in [6.07, 6.45) is -1.35. The predicted octanol–water partition coefficient (Wildman–Crippen LogP) is 4.91. The van der Waals surface area contributed by atoms with Gasteiger partial charge in [0.05, 0.1) is 38.6 Å². The minimum atomic E-state index is -0.510. The van der Waals surface area contributed by atoms with Crippen molar-refractivity contribution in [3.8, 4) is 0 Å². The predicted molar refractivity (Wildman–Crippen MR) is 131 cm³/mol. The summed E-state index contributed by atoms with van der Waals surface area (Å²) in [5.41, 5.74) is 3.26. The van der Waals surface area contributed by atoms with Crippen molar-refractivity contribution >= 4 is 0 Å². The van der Waals surface area contributed by atoms with Gasteiger partial charge in [0.1, 0.15) is 18.3 Å². The highest BCUT2D eigenvalue weighted by Crippen LogP contribution is 2.28. The van der Waals surface area contributed by atoms with Gasteiger partial charge in [-0.2, -0.15) is 0 Å². The average Bonchev–Trinajstić information content (AvgIpc) is 2.87. The van der Waals surface area contributed by atoms with Crippen LogP contribution in [0.15, 0.2) is 91.0 Å². The first kappa shape index (κ1) is 24.6. The molecule has 1 heterocycles. The van der Waals surface area contributed by atoms with Crippen molar-refractivity contribution < 1.29 is 24.1 Å². The van der Waals surface area contributed by atoms with Gasteiger partial charge < -0.3 is 24.1 Å². The molecule has 4 rings (SSSR count). The van der Waals surface area contributed by atoms with Gasteiger partial charge in [0.2, 0.25) is 0 Å². The molecule has 3 aromatic carbocycles. The van der Waals surface area contributed by atoms with E-state index in [0.717, 1.165) is 16.7 Å². The molecule has 1 saturated heterocycles. The molecule has 0 bridgehead atoms. The van der Waals surface area contributed by atoms with E-state index in [2.05, 4.69) is 0 Å². The van der Waals surface area contributed by atoms with Crippen LogP contribution in [0, 0.1) is 0 Å². The molecule has 5 nitrogen and oxygen atoms in total. The lowest BCUT2D eigenvalue weighted by atomic mass is 9.95. The molecule has 1 fully saturated rings. The van der Waals surface area contributed by atoms with Crippen LogP contribution >= 0.6 is 0 Å². The van der Waals surface area contributed by atoms with Crippen LogP contribution in [0.1, 0.15) is 30.0 Å². The molecule has 1 aliphatic heterocycles. The average molecular weight is 463 g/mol. The van der Waals surface area contributed by atoms with Gasteiger partial charge in [-0.1, -0.05) is 91.0 Å². The lowest BCUT2D eigenvalue weighted by Gasteiger charge is -2.42. The van der Waals surface area contributed by atoms with E-state index in [1.54, 1.807) is 6.92 Å². The van der Waals surface area contributed by atoms with Gasteiger partial charge in [-0.15, -0.1) is 0 Å². The van der Waals surface area contributed by atoms with Crippen molar-refractivity contribution in [2.24, 2.45) is 0 Å². The summed E-state index contributed by atoms with van der Waals surface area (Å²) in [6, 6.07) is 30.3. The quantitative estimate of drug-likeness (QED) is 0.439. The molecule has 34 heavy (non-hydrogen) atoms. The van der Waals surface area contributed by atoms with Crippen LogP contribution in [-0.4, -0.2) is 42.2 Å². The summed E-state index contributed by atoms with van der Waals surface area (Å²) >= 11 is 0. The summed E-state index contributed by atoms with van der Waals surface area (Å²) < 4.78 is 25.4. The molecule has 180 valence electrons. The maximum atomic E-state index is 10.1. The summed E-state index contributed by atoms with van der Waals surface area (Å²) in [7, 11) is 0. The Morgan fingerprint density at radius 3 is 1.62 bits per heavy atom. The third-order valence-electron chi connectivity index (χ3n) is 5.98. The largest absolute Gasteiger partial charge is 0.393 e.